The monoisotopic (exact) mass is 425 g/mol. The first-order valence-electron chi connectivity index (χ1n) is 9.87. The second kappa shape index (κ2) is 8.76. The molecule has 156 valence electrons. The topological polar surface area (TPSA) is 91.6 Å². The number of aromatic nitrogens is 1. The number of aryl methyl sites for hydroxylation is 1. The largest absolute Gasteiger partial charge is 0.351 e. The van der Waals surface area contributed by atoms with Gasteiger partial charge in [-0.1, -0.05) is 17.4 Å². The lowest BCUT2D eigenvalue weighted by atomic mass is 10.2. The van der Waals surface area contributed by atoms with Gasteiger partial charge in [0.15, 0.2) is 5.13 Å². The van der Waals surface area contributed by atoms with Gasteiger partial charge < -0.3 is 10.2 Å². The number of carbonyl (C=O) groups is 1. The van der Waals surface area contributed by atoms with E-state index in [2.05, 4.69) is 40.2 Å². The van der Waals surface area contributed by atoms with Crippen molar-refractivity contribution in [2.24, 2.45) is 0 Å². The predicted molar refractivity (Wildman–Crippen MR) is 118 cm³/mol. The standard InChI is InChI=1S/C21H23N5O3S/c1-15-2-7-18-19(14-15)30-21(23-18)25-12-10-24(11-13-25)9-8-22-20(27)16-3-5-17(6-4-16)26(28)29/h2-7,14H,8-13H2,1H3,(H,22,27). The molecule has 3 aromatic rings. The van der Waals surface area contributed by atoms with E-state index < -0.39 is 4.92 Å². The molecule has 8 nitrogen and oxygen atoms in total. The summed E-state index contributed by atoms with van der Waals surface area (Å²) in [5.74, 6) is -0.215. The third kappa shape index (κ3) is 4.58. The Bertz CT molecular complexity index is 1060. The number of non-ortho nitro benzene ring substituents is 1. The molecule has 30 heavy (non-hydrogen) atoms. The van der Waals surface area contributed by atoms with Crippen molar-refractivity contribution in [1.82, 2.24) is 15.2 Å². The number of fused-ring (bicyclic) bond motifs is 1. The third-order valence-electron chi connectivity index (χ3n) is 5.23. The van der Waals surface area contributed by atoms with Gasteiger partial charge in [0.05, 0.1) is 15.1 Å². The second-order valence-corrected chi connectivity index (χ2v) is 8.37. The van der Waals surface area contributed by atoms with Crippen molar-refractivity contribution < 1.29 is 9.72 Å². The summed E-state index contributed by atoms with van der Waals surface area (Å²) in [6.07, 6.45) is 0. The molecular formula is C21H23N5O3S. The smallest absolute Gasteiger partial charge is 0.269 e. The molecule has 1 N–H and O–H groups in total. The zero-order valence-electron chi connectivity index (χ0n) is 16.7. The van der Waals surface area contributed by atoms with Gasteiger partial charge in [-0.15, -0.1) is 0 Å². The van der Waals surface area contributed by atoms with Crippen LogP contribution in [0, 0.1) is 17.0 Å². The van der Waals surface area contributed by atoms with Gasteiger partial charge in [0, 0.05) is 57.0 Å². The average molecular weight is 426 g/mol. The van der Waals surface area contributed by atoms with Gasteiger partial charge in [-0.3, -0.25) is 19.8 Å². The number of piperazine rings is 1. The molecule has 1 aromatic heterocycles. The van der Waals surface area contributed by atoms with Crippen LogP contribution < -0.4 is 10.2 Å². The molecule has 1 aliphatic rings. The van der Waals surface area contributed by atoms with E-state index in [4.69, 9.17) is 4.98 Å². The molecule has 2 aromatic carbocycles. The Balaban J connectivity index is 1.23. The number of anilines is 1. The summed E-state index contributed by atoms with van der Waals surface area (Å²) in [7, 11) is 0. The van der Waals surface area contributed by atoms with Crippen LogP contribution in [0.2, 0.25) is 0 Å². The summed E-state index contributed by atoms with van der Waals surface area (Å²) >= 11 is 1.74. The first-order valence-corrected chi connectivity index (χ1v) is 10.7. The summed E-state index contributed by atoms with van der Waals surface area (Å²) in [6.45, 7) is 7.06. The van der Waals surface area contributed by atoms with Crippen LogP contribution in [0.1, 0.15) is 15.9 Å². The van der Waals surface area contributed by atoms with Gasteiger partial charge >= 0.3 is 0 Å². The van der Waals surface area contributed by atoms with E-state index in [0.29, 0.717) is 12.1 Å². The summed E-state index contributed by atoms with van der Waals surface area (Å²) in [6, 6.07) is 12.0. The molecule has 1 saturated heterocycles. The maximum absolute atomic E-state index is 12.2. The SMILES string of the molecule is Cc1ccc2nc(N3CCN(CCNC(=O)c4ccc([N+](=O)[O-])cc4)CC3)sc2c1. The van der Waals surface area contributed by atoms with Gasteiger partial charge in [-0.25, -0.2) is 4.98 Å². The van der Waals surface area contributed by atoms with Gasteiger partial charge in [-0.05, 0) is 36.8 Å². The van der Waals surface area contributed by atoms with Crippen LogP contribution in [0.5, 0.6) is 0 Å². The Labute approximate surface area is 178 Å². The van der Waals surface area contributed by atoms with Crippen molar-refractivity contribution >= 4 is 38.3 Å². The summed E-state index contributed by atoms with van der Waals surface area (Å²) in [4.78, 5) is 31.8. The van der Waals surface area contributed by atoms with Crippen LogP contribution in [0.15, 0.2) is 42.5 Å². The molecule has 1 aliphatic heterocycles. The van der Waals surface area contributed by atoms with Crippen molar-refractivity contribution in [2.45, 2.75) is 6.92 Å². The number of hydrogen-bond acceptors (Lipinski definition) is 7. The molecule has 0 aliphatic carbocycles. The summed E-state index contributed by atoms with van der Waals surface area (Å²) in [5, 5.41) is 14.7. The number of nitrogens with zero attached hydrogens (tertiary/aromatic N) is 4. The molecule has 0 unspecified atom stereocenters. The van der Waals surface area contributed by atoms with Crippen LogP contribution >= 0.6 is 11.3 Å². The second-order valence-electron chi connectivity index (χ2n) is 7.36. The number of hydrogen-bond donors (Lipinski definition) is 1. The Kier molecular flexibility index (Phi) is 5.91. The quantitative estimate of drug-likeness (QED) is 0.482. The minimum atomic E-state index is -0.475. The molecule has 0 atom stereocenters. The van der Waals surface area contributed by atoms with Gasteiger partial charge in [0.2, 0.25) is 0 Å². The fraction of sp³-hybridized carbons (Fsp3) is 0.333. The first kappa shape index (κ1) is 20.2. The zero-order chi connectivity index (χ0) is 21.1. The van der Waals surface area contributed by atoms with Crippen molar-refractivity contribution in [3.8, 4) is 0 Å². The third-order valence-corrected chi connectivity index (χ3v) is 6.31. The van der Waals surface area contributed by atoms with Crippen molar-refractivity contribution in [3.63, 3.8) is 0 Å². The van der Waals surface area contributed by atoms with E-state index in [1.54, 1.807) is 11.3 Å². The minimum Gasteiger partial charge on any atom is -0.351 e. The highest BCUT2D eigenvalue weighted by Gasteiger charge is 2.20. The fourth-order valence-corrected chi connectivity index (χ4v) is 4.60. The lowest BCUT2D eigenvalue weighted by molar-refractivity contribution is -0.384. The molecule has 2 heterocycles. The lowest BCUT2D eigenvalue weighted by Gasteiger charge is -2.34. The Morgan fingerprint density at radius 3 is 2.60 bits per heavy atom. The van der Waals surface area contributed by atoms with E-state index in [-0.39, 0.29) is 11.6 Å². The Morgan fingerprint density at radius 2 is 1.90 bits per heavy atom. The summed E-state index contributed by atoms with van der Waals surface area (Å²) in [5.41, 5.74) is 2.71. The first-order chi connectivity index (χ1) is 14.5. The minimum absolute atomic E-state index is 0.0207. The number of nitro groups is 1. The molecular weight excluding hydrogens is 402 g/mol. The lowest BCUT2D eigenvalue weighted by Crippen LogP contribution is -2.48. The van der Waals surface area contributed by atoms with E-state index in [1.807, 2.05) is 0 Å². The van der Waals surface area contributed by atoms with Gasteiger partial charge in [-0.2, -0.15) is 0 Å². The predicted octanol–water partition coefficient (Wildman–Crippen LogP) is 3.06. The maximum atomic E-state index is 12.2. The fourth-order valence-electron chi connectivity index (χ4n) is 3.48. The Hall–Kier alpha value is -3.04. The number of carbonyl (C=O) groups excluding carboxylic acids is 1. The number of nitrogens with one attached hydrogen (secondary N) is 1. The van der Waals surface area contributed by atoms with E-state index >= 15 is 0 Å². The molecule has 4 rings (SSSR count). The number of rotatable bonds is 6. The van der Waals surface area contributed by atoms with Crippen LogP contribution in [-0.2, 0) is 0 Å². The number of benzene rings is 2. The van der Waals surface area contributed by atoms with E-state index in [1.165, 1.54) is 34.5 Å². The van der Waals surface area contributed by atoms with E-state index in [9.17, 15) is 14.9 Å². The van der Waals surface area contributed by atoms with Crippen LogP contribution in [-0.4, -0.2) is 60.0 Å². The molecule has 1 amide bonds. The number of amides is 1. The molecule has 0 bridgehead atoms. The highest BCUT2D eigenvalue weighted by molar-refractivity contribution is 7.22. The van der Waals surface area contributed by atoms with Crippen molar-refractivity contribution in [1.29, 1.82) is 0 Å². The molecule has 0 radical (unpaired) electrons. The molecule has 0 saturated carbocycles. The normalized spacial score (nSPS) is 14.8. The van der Waals surface area contributed by atoms with Gasteiger partial charge in [0.1, 0.15) is 0 Å². The number of thiazole rings is 1. The summed E-state index contributed by atoms with van der Waals surface area (Å²) < 4.78 is 1.22. The van der Waals surface area contributed by atoms with Crippen molar-refractivity contribution in [3.05, 3.63) is 63.7 Å². The average Bonchev–Trinajstić information content (AvgIpc) is 3.17. The maximum Gasteiger partial charge on any atom is 0.269 e. The molecule has 0 spiro atoms. The molecule has 1 fully saturated rings. The van der Waals surface area contributed by atoms with Gasteiger partial charge in [0.25, 0.3) is 11.6 Å². The van der Waals surface area contributed by atoms with Crippen molar-refractivity contribution in [2.75, 3.05) is 44.2 Å². The van der Waals surface area contributed by atoms with Crippen LogP contribution in [0.25, 0.3) is 10.2 Å². The number of nitro benzene ring substituents is 1. The van der Waals surface area contributed by atoms with E-state index in [0.717, 1.165) is 43.4 Å². The van der Waals surface area contributed by atoms with Crippen LogP contribution in [0.3, 0.4) is 0 Å². The highest BCUT2D eigenvalue weighted by Crippen LogP contribution is 2.30. The van der Waals surface area contributed by atoms with Crippen LogP contribution in [0.4, 0.5) is 10.8 Å². The highest BCUT2D eigenvalue weighted by atomic mass is 32.1. The zero-order valence-corrected chi connectivity index (χ0v) is 17.5. The molecule has 9 heteroatoms. The Morgan fingerprint density at radius 1 is 1.17 bits per heavy atom.